The van der Waals surface area contributed by atoms with Gasteiger partial charge in [-0.15, -0.1) is 0 Å². The second kappa shape index (κ2) is 4.88. The lowest BCUT2D eigenvalue weighted by Gasteiger charge is -2.12. The molecule has 0 saturated heterocycles. The summed E-state index contributed by atoms with van der Waals surface area (Å²) in [4.78, 5) is 3.79. The molecular weight excluding hydrogens is 318 g/mol. The van der Waals surface area contributed by atoms with Gasteiger partial charge in [0.2, 0.25) is 0 Å². The van der Waals surface area contributed by atoms with E-state index in [1.165, 1.54) is 12.3 Å². The molecule has 2 nitrogen and oxygen atoms in total. The average Bonchev–Trinajstić information content (AvgIpc) is 2.29. The van der Waals surface area contributed by atoms with Gasteiger partial charge in [0.05, 0.1) is 12.2 Å². The Bertz CT molecular complexity index is 485. The second-order valence-electron chi connectivity index (χ2n) is 3.47. The van der Waals surface area contributed by atoms with E-state index < -0.39 is 0 Å². The summed E-state index contributed by atoms with van der Waals surface area (Å²) in [5, 5.41) is 0. The zero-order valence-corrected chi connectivity index (χ0v) is 10.6. The maximum absolute atomic E-state index is 13.0. The molecular formula is C12H10FIN2. The van der Waals surface area contributed by atoms with Gasteiger partial charge < -0.3 is 5.73 Å². The zero-order valence-electron chi connectivity index (χ0n) is 8.40. The summed E-state index contributed by atoms with van der Waals surface area (Å²) in [7, 11) is 0. The number of hydrogen-bond acceptors (Lipinski definition) is 2. The first-order valence-corrected chi connectivity index (χ1v) is 5.86. The van der Waals surface area contributed by atoms with Crippen molar-refractivity contribution in [2.24, 2.45) is 5.73 Å². The molecule has 1 aromatic heterocycles. The average molecular weight is 328 g/mol. The van der Waals surface area contributed by atoms with Crippen LogP contribution in [0.3, 0.4) is 0 Å². The normalized spacial score (nSPS) is 12.4. The monoisotopic (exact) mass is 328 g/mol. The number of nitrogens with zero attached hydrogens (tertiary/aromatic N) is 1. The van der Waals surface area contributed by atoms with Gasteiger partial charge >= 0.3 is 0 Å². The van der Waals surface area contributed by atoms with Gasteiger partial charge in [-0.05, 0) is 51.9 Å². The summed E-state index contributed by atoms with van der Waals surface area (Å²) >= 11 is 2.23. The lowest BCUT2D eigenvalue weighted by molar-refractivity contribution is 0.616. The van der Waals surface area contributed by atoms with Crippen LogP contribution >= 0.6 is 22.6 Å². The highest BCUT2D eigenvalue weighted by molar-refractivity contribution is 14.1. The van der Waals surface area contributed by atoms with Crippen molar-refractivity contribution >= 4 is 22.6 Å². The molecule has 1 unspecified atom stereocenters. The largest absolute Gasteiger partial charge is 0.320 e. The van der Waals surface area contributed by atoms with E-state index in [9.17, 15) is 4.39 Å². The van der Waals surface area contributed by atoms with Crippen LogP contribution < -0.4 is 5.73 Å². The van der Waals surface area contributed by atoms with Crippen molar-refractivity contribution in [3.8, 4) is 0 Å². The highest BCUT2D eigenvalue weighted by atomic mass is 127. The Balaban J connectivity index is 2.31. The molecule has 4 heteroatoms. The number of nitrogens with two attached hydrogens (primary N) is 1. The lowest BCUT2D eigenvalue weighted by Crippen LogP contribution is -2.12. The fraction of sp³-hybridized carbons (Fsp3) is 0.0833. The van der Waals surface area contributed by atoms with E-state index >= 15 is 0 Å². The molecule has 0 radical (unpaired) electrons. The molecule has 0 bridgehead atoms. The van der Waals surface area contributed by atoms with Crippen LogP contribution in [0.5, 0.6) is 0 Å². The summed E-state index contributed by atoms with van der Waals surface area (Å²) < 4.78 is 14.1. The van der Waals surface area contributed by atoms with Crippen molar-refractivity contribution in [2.75, 3.05) is 0 Å². The van der Waals surface area contributed by atoms with Crippen molar-refractivity contribution in [3.63, 3.8) is 0 Å². The van der Waals surface area contributed by atoms with Gasteiger partial charge in [0.1, 0.15) is 5.82 Å². The molecule has 1 atom stereocenters. The van der Waals surface area contributed by atoms with Gasteiger partial charge in [0.25, 0.3) is 0 Å². The van der Waals surface area contributed by atoms with Crippen molar-refractivity contribution in [1.82, 2.24) is 4.98 Å². The molecule has 0 fully saturated rings. The molecule has 2 N–H and O–H groups in total. The topological polar surface area (TPSA) is 38.9 Å². The van der Waals surface area contributed by atoms with Crippen LogP contribution in [0, 0.1) is 9.39 Å². The predicted octanol–water partition coefficient (Wildman–Crippen LogP) is 2.87. The SMILES string of the molecule is NC(c1ccc(I)cc1)c1cncc(F)c1. The Morgan fingerprint density at radius 1 is 1.12 bits per heavy atom. The molecule has 0 spiro atoms. The van der Waals surface area contributed by atoms with Crippen LogP contribution in [-0.4, -0.2) is 4.98 Å². The van der Waals surface area contributed by atoms with E-state index in [1.807, 2.05) is 24.3 Å². The second-order valence-corrected chi connectivity index (χ2v) is 4.71. The summed E-state index contributed by atoms with van der Waals surface area (Å²) in [6.07, 6.45) is 2.76. The highest BCUT2D eigenvalue weighted by Crippen LogP contribution is 2.20. The zero-order chi connectivity index (χ0) is 11.5. The Morgan fingerprint density at radius 2 is 1.81 bits per heavy atom. The summed E-state index contributed by atoms with van der Waals surface area (Å²) in [6, 6.07) is 8.91. The van der Waals surface area contributed by atoms with E-state index in [4.69, 9.17) is 5.73 Å². The molecule has 82 valence electrons. The number of aromatic nitrogens is 1. The minimum atomic E-state index is -0.363. The van der Waals surface area contributed by atoms with Crippen LogP contribution in [0.1, 0.15) is 17.2 Å². The van der Waals surface area contributed by atoms with Crippen LogP contribution in [-0.2, 0) is 0 Å². The molecule has 2 aromatic rings. The Hall–Kier alpha value is -1.01. The van der Waals surface area contributed by atoms with Gasteiger partial charge in [-0.3, -0.25) is 4.98 Å². The van der Waals surface area contributed by atoms with Gasteiger partial charge in [0.15, 0.2) is 0 Å². The molecule has 0 aliphatic heterocycles. The molecule has 0 saturated carbocycles. The van der Waals surface area contributed by atoms with E-state index in [0.29, 0.717) is 5.56 Å². The number of rotatable bonds is 2. The van der Waals surface area contributed by atoms with Crippen LogP contribution in [0.15, 0.2) is 42.7 Å². The third kappa shape index (κ3) is 2.56. The lowest BCUT2D eigenvalue weighted by atomic mass is 10.0. The number of pyridine rings is 1. The molecule has 0 aliphatic carbocycles. The fourth-order valence-corrected chi connectivity index (χ4v) is 1.82. The van der Waals surface area contributed by atoms with Gasteiger partial charge in [0, 0.05) is 9.77 Å². The van der Waals surface area contributed by atoms with Crippen LogP contribution in [0.25, 0.3) is 0 Å². The Labute approximate surface area is 107 Å². The molecule has 1 aromatic carbocycles. The van der Waals surface area contributed by atoms with E-state index in [0.717, 1.165) is 9.13 Å². The smallest absolute Gasteiger partial charge is 0.141 e. The van der Waals surface area contributed by atoms with E-state index in [-0.39, 0.29) is 11.9 Å². The van der Waals surface area contributed by atoms with Gasteiger partial charge in [-0.1, -0.05) is 12.1 Å². The molecule has 0 amide bonds. The minimum Gasteiger partial charge on any atom is -0.320 e. The van der Waals surface area contributed by atoms with Crippen molar-refractivity contribution < 1.29 is 4.39 Å². The molecule has 1 heterocycles. The van der Waals surface area contributed by atoms with E-state index in [1.54, 1.807) is 6.20 Å². The van der Waals surface area contributed by atoms with Crippen molar-refractivity contribution in [2.45, 2.75) is 6.04 Å². The molecule has 16 heavy (non-hydrogen) atoms. The highest BCUT2D eigenvalue weighted by Gasteiger charge is 2.09. The van der Waals surface area contributed by atoms with Crippen LogP contribution in [0.4, 0.5) is 4.39 Å². The standard InChI is InChI=1S/C12H10FIN2/c13-10-5-9(6-16-7-10)12(15)8-1-3-11(14)4-2-8/h1-7,12H,15H2. The number of hydrogen-bond donors (Lipinski definition) is 1. The fourth-order valence-electron chi connectivity index (χ4n) is 1.46. The summed E-state index contributed by atoms with van der Waals surface area (Å²) in [5.74, 6) is -0.363. The predicted molar refractivity (Wildman–Crippen MR) is 69.4 cm³/mol. The van der Waals surface area contributed by atoms with Crippen molar-refractivity contribution in [1.29, 1.82) is 0 Å². The van der Waals surface area contributed by atoms with Gasteiger partial charge in [-0.25, -0.2) is 4.39 Å². The van der Waals surface area contributed by atoms with Gasteiger partial charge in [-0.2, -0.15) is 0 Å². The number of halogens is 2. The van der Waals surface area contributed by atoms with Crippen molar-refractivity contribution in [3.05, 3.63) is 63.2 Å². The third-order valence-corrected chi connectivity index (χ3v) is 3.03. The first-order valence-electron chi connectivity index (χ1n) is 4.78. The Morgan fingerprint density at radius 3 is 2.44 bits per heavy atom. The molecule has 0 aliphatic rings. The third-order valence-electron chi connectivity index (χ3n) is 2.31. The quantitative estimate of drug-likeness (QED) is 0.861. The minimum absolute atomic E-state index is 0.333. The first kappa shape index (κ1) is 11.5. The summed E-state index contributed by atoms with van der Waals surface area (Å²) in [5.41, 5.74) is 7.66. The number of benzene rings is 1. The Kier molecular flexibility index (Phi) is 3.50. The molecule has 2 rings (SSSR count). The maximum atomic E-state index is 13.0. The maximum Gasteiger partial charge on any atom is 0.141 e. The summed E-state index contributed by atoms with van der Waals surface area (Å²) in [6.45, 7) is 0. The van der Waals surface area contributed by atoms with E-state index in [2.05, 4.69) is 27.6 Å². The van der Waals surface area contributed by atoms with Crippen LogP contribution in [0.2, 0.25) is 0 Å². The first-order chi connectivity index (χ1) is 7.66.